The standard InChI is InChI=1S/C21H28N2O3/c1-16(2)15-26-20-8-4-3-7-18(20)14-23-21(25)22-13-5-6-17-9-11-19(24)12-10-17/h3-4,7-12,16,24H,5-6,13-15H2,1-2H3,(H2,22,23,25). The van der Waals surface area contributed by atoms with E-state index >= 15 is 0 Å². The van der Waals surface area contributed by atoms with Crippen molar-refractivity contribution in [1.29, 1.82) is 0 Å². The lowest BCUT2D eigenvalue weighted by Crippen LogP contribution is -2.35. The molecule has 0 radical (unpaired) electrons. The Kier molecular flexibility index (Phi) is 7.80. The Morgan fingerprint density at radius 2 is 1.81 bits per heavy atom. The highest BCUT2D eigenvalue weighted by Gasteiger charge is 2.06. The largest absolute Gasteiger partial charge is 0.508 e. The quantitative estimate of drug-likeness (QED) is 0.598. The molecule has 26 heavy (non-hydrogen) atoms. The van der Waals surface area contributed by atoms with Gasteiger partial charge in [0.2, 0.25) is 0 Å². The summed E-state index contributed by atoms with van der Waals surface area (Å²) in [5.41, 5.74) is 2.11. The van der Waals surface area contributed by atoms with Crippen LogP contribution in [0.3, 0.4) is 0 Å². The average Bonchev–Trinajstić information content (AvgIpc) is 2.64. The Morgan fingerprint density at radius 1 is 1.08 bits per heavy atom. The second-order valence-electron chi connectivity index (χ2n) is 6.69. The maximum absolute atomic E-state index is 12.0. The summed E-state index contributed by atoms with van der Waals surface area (Å²) in [5.74, 6) is 1.53. The van der Waals surface area contributed by atoms with Crippen molar-refractivity contribution in [3.8, 4) is 11.5 Å². The summed E-state index contributed by atoms with van der Waals surface area (Å²) in [6.45, 7) is 5.88. The van der Waals surface area contributed by atoms with Gasteiger partial charge < -0.3 is 20.5 Å². The molecule has 0 saturated heterocycles. The summed E-state index contributed by atoms with van der Waals surface area (Å²) in [4.78, 5) is 12.0. The van der Waals surface area contributed by atoms with Crippen LogP contribution in [0.25, 0.3) is 0 Å². The fourth-order valence-corrected chi connectivity index (χ4v) is 2.44. The Balaban J connectivity index is 1.69. The lowest BCUT2D eigenvalue weighted by molar-refractivity contribution is 0.239. The first-order valence-corrected chi connectivity index (χ1v) is 9.05. The second-order valence-corrected chi connectivity index (χ2v) is 6.69. The van der Waals surface area contributed by atoms with Crippen molar-refractivity contribution < 1.29 is 14.6 Å². The van der Waals surface area contributed by atoms with E-state index in [0.717, 1.165) is 29.7 Å². The molecule has 2 amide bonds. The molecular formula is C21H28N2O3. The number of rotatable bonds is 9. The molecule has 5 heteroatoms. The highest BCUT2D eigenvalue weighted by molar-refractivity contribution is 5.73. The summed E-state index contributed by atoms with van der Waals surface area (Å²) < 4.78 is 5.80. The minimum absolute atomic E-state index is 0.186. The number of ether oxygens (including phenoxy) is 1. The first kappa shape index (κ1) is 19.6. The van der Waals surface area contributed by atoms with Gasteiger partial charge in [0.15, 0.2) is 0 Å². The van der Waals surface area contributed by atoms with E-state index in [2.05, 4.69) is 24.5 Å². The van der Waals surface area contributed by atoms with Gasteiger partial charge in [-0.15, -0.1) is 0 Å². The van der Waals surface area contributed by atoms with Gasteiger partial charge in [-0.25, -0.2) is 4.79 Å². The topological polar surface area (TPSA) is 70.6 Å². The predicted octanol–water partition coefficient (Wildman–Crippen LogP) is 3.86. The van der Waals surface area contributed by atoms with Gasteiger partial charge in [-0.3, -0.25) is 0 Å². The second kappa shape index (κ2) is 10.3. The molecule has 0 aliphatic heterocycles. The van der Waals surface area contributed by atoms with E-state index in [-0.39, 0.29) is 11.8 Å². The van der Waals surface area contributed by atoms with Gasteiger partial charge in [-0.2, -0.15) is 0 Å². The molecule has 0 spiro atoms. The molecule has 0 saturated carbocycles. The number of para-hydroxylation sites is 1. The number of nitrogens with one attached hydrogen (secondary N) is 2. The number of urea groups is 1. The number of carbonyl (C=O) groups is 1. The van der Waals surface area contributed by atoms with Crippen molar-refractivity contribution >= 4 is 6.03 Å². The molecule has 0 heterocycles. The van der Waals surface area contributed by atoms with Crippen molar-refractivity contribution in [3.63, 3.8) is 0 Å². The molecule has 0 unspecified atom stereocenters. The predicted molar refractivity (Wildman–Crippen MR) is 103 cm³/mol. The monoisotopic (exact) mass is 356 g/mol. The van der Waals surface area contributed by atoms with E-state index in [4.69, 9.17) is 4.74 Å². The van der Waals surface area contributed by atoms with Crippen LogP contribution in [0, 0.1) is 5.92 Å². The van der Waals surface area contributed by atoms with Gasteiger partial charge in [0.1, 0.15) is 11.5 Å². The highest BCUT2D eigenvalue weighted by Crippen LogP contribution is 2.18. The van der Waals surface area contributed by atoms with E-state index in [1.807, 2.05) is 36.4 Å². The summed E-state index contributed by atoms with van der Waals surface area (Å²) >= 11 is 0. The van der Waals surface area contributed by atoms with Gasteiger partial charge in [0.25, 0.3) is 0 Å². The summed E-state index contributed by atoms with van der Waals surface area (Å²) in [6.07, 6.45) is 1.69. The Labute approximate surface area is 155 Å². The number of amides is 2. The number of phenols is 1. The smallest absolute Gasteiger partial charge is 0.315 e. The molecule has 140 valence electrons. The van der Waals surface area contributed by atoms with Crippen molar-refractivity contribution in [3.05, 3.63) is 59.7 Å². The van der Waals surface area contributed by atoms with Crippen LogP contribution in [0.5, 0.6) is 11.5 Å². The molecule has 0 aliphatic carbocycles. The molecule has 2 aromatic rings. The van der Waals surface area contributed by atoms with Gasteiger partial charge in [0, 0.05) is 18.7 Å². The number of hydrogen-bond acceptors (Lipinski definition) is 3. The van der Waals surface area contributed by atoms with Crippen LogP contribution in [0.15, 0.2) is 48.5 Å². The Morgan fingerprint density at radius 3 is 2.54 bits per heavy atom. The van der Waals surface area contributed by atoms with E-state index in [1.165, 1.54) is 0 Å². The minimum Gasteiger partial charge on any atom is -0.508 e. The molecule has 0 fully saturated rings. The van der Waals surface area contributed by atoms with E-state index in [1.54, 1.807) is 12.1 Å². The zero-order valence-electron chi connectivity index (χ0n) is 15.5. The van der Waals surface area contributed by atoms with Crippen molar-refractivity contribution in [2.75, 3.05) is 13.2 Å². The Bertz CT molecular complexity index is 684. The van der Waals surface area contributed by atoms with Crippen molar-refractivity contribution in [1.82, 2.24) is 10.6 Å². The SMILES string of the molecule is CC(C)COc1ccccc1CNC(=O)NCCCc1ccc(O)cc1. The maximum Gasteiger partial charge on any atom is 0.315 e. The summed E-state index contributed by atoms with van der Waals surface area (Å²) in [7, 11) is 0. The number of aromatic hydroxyl groups is 1. The molecule has 0 bridgehead atoms. The van der Waals surface area contributed by atoms with Gasteiger partial charge in [-0.05, 0) is 42.5 Å². The lowest BCUT2D eigenvalue weighted by Gasteiger charge is -2.14. The third-order valence-electron chi connectivity index (χ3n) is 3.85. The third-order valence-corrected chi connectivity index (χ3v) is 3.85. The first-order chi connectivity index (χ1) is 12.5. The molecule has 0 aliphatic rings. The zero-order chi connectivity index (χ0) is 18.8. The normalized spacial score (nSPS) is 10.6. The van der Waals surface area contributed by atoms with E-state index < -0.39 is 0 Å². The molecule has 2 aromatic carbocycles. The average molecular weight is 356 g/mol. The number of hydrogen-bond donors (Lipinski definition) is 3. The lowest BCUT2D eigenvalue weighted by atomic mass is 10.1. The van der Waals surface area contributed by atoms with Gasteiger partial charge >= 0.3 is 6.03 Å². The zero-order valence-corrected chi connectivity index (χ0v) is 15.5. The van der Waals surface area contributed by atoms with E-state index in [0.29, 0.717) is 25.6 Å². The van der Waals surface area contributed by atoms with Crippen molar-refractivity contribution in [2.24, 2.45) is 5.92 Å². The highest BCUT2D eigenvalue weighted by atomic mass is 16.5. The fraction of sp³-hybridized carbons (Fsp3) is 0.381. The number of aryl methyl sites for hydroxylation is 1. The molecule has 2 rings (SSSR count). The van der Waals surface area contributed by atoms with Crippen LogP contribution in [0.4, 0.5) is 4.79 Å². The maximum atomic E-state index is 12.0. The van der Waals surface area contributed by atoms with E-state index in [9.17, 15) is 9.90 Å². The minimum atomic E-state index is -0.186. The van der Waals surface area contributed by atoms with Crippen LogP contribution in [-0.4, -0.2) is 24.3 Å². The summed E-state index contributed by atoms with van der Waals surface area (Å²) in [5, 5.41) is 15.0. The molecular weight excluding hydrogens is 328 g/mol. The molecule has 3 N–H and O–H groups in total. The van der Waals surface area contributed by atoms with Crippen LogP contribution < -0.4 is 15.4 Å². The summed E-state index contributed by atoms with van der Waals surface area (Å²) in [6, 6.07) is 14.7. The first-order valence-electron chi connectivity index (χ1n) is 9.05. The molecule has 5 nitrogen and oxygen atoms in total. The Hall–Kier alpha value is -2.69. The van der Waals surface area contributed by atoms with Crippen LogP contribution >= 0.6 is 0 Å². The van der Waals surface area contributed by atoms with Crippen LogP contribution in [0.1, 0.15) is 31.4 Å². The number of benzene rings is 2. The fourth-order valence-electron chi connectivity index (χ4n) is 2.44. The van der Waals surface area contributed by atoms with Gasteiger partial charge in [-0.1, -0.05) is 44.2 Å². The van der Waals surface area contributed by atoms with Crippen LogP contribution in [-0.2, 0) is 13.0 Å². The molecule has 0 aromatic heterocycles. The number of carbonyl (C=O) groups excluding carboxylic acids is 1. The van der Waals surface area contributed by atoms with Crippen molar-refractivity contribution in [2.45, 2.75) is 33.2 Å². The third kappa shape index (κ3) is 7.05. The van der Waals surface area contributed by atoms with Gasteiger partial charge in [0.05, 0.1) is 6.61 Å². The van der Waals surface area contributed by atoms with Crippen LogP contribution in [0.2, 0.25) is 0 Å². The molecule has 0 atom stereocenters. The number of phenolic OH excluding ortho intramolecular Hbond substituents is 1.